The zero-order chi connectivity index (χ0) is 20.0. The largest absolute Gasteiger partial charge is 0.487 e. The Labute approximate surface area is 164 Å². The second-order valence-electron chi connectivity index (χ2n) is 6.80. The first-order chi connectivity index (χ1) is 12.8. The maximum atomic E-state index is 12.3. The van der Waals surface area contributed by atoms with E-state index in [-0.39, 0.29) is 23.0 Å². The first-order valence-corrected chi connectivity index (χ1v) is 9.52. The van der Waals surface area contributed by atoms with Crippen LogP contribution in [0.3, 0.4) is 0 Å². The van der Waals surface area contributed by atoms with E-state index in [1.165, 1.54) is 24.6 Å². The summed E-state index contributed by atoms with van der Waals surface area (Å²) in [5.41, 5.74) is 5.03. The van der Waals surface area contributed by atoms with Gasteiger partial charge in [0.05, 0.1) is 11.5 Å². The number of ether oxygens (including phenoxy) is 1. The van der Waals surface area contributed by atoms with E-state index in [0.29, 0.717) is 23.6 Å². The number of amides is 1. The second kappa shape index (κ2) is 9.50. The van der Waals surface area contributed by atoms with Gasteiger partial charge in [-0.1, -0.05) is 26.7 Å². The highest BCUT2D eigenvalue weighted by molar-refractivity contribution is 7.80. The SMILES string of the molecule is CCOc1ccc(C(=O)NNC(=S)N[C@H]2CCC[C@H](C)[C@@H]2C)cc1[N+](=O)[O-]. The topological polar surface area (TPSA) is 106 Å². The summed E-state index contributed by atoms with van der Waals surface area (Å²) in [4.78, 5) is 22.9. The van der Waals surface area contributed by atoms with Crippen LogP contribution >= 0.6 is 12.2 Å². The monoisotopic (exact) mass is 394 g/mol. The van der Waals surface area contributed by atoms with Crippen molar-refractivity contribution in [1.29, 1.82) is 0 Å². The molecule has 1 aromatic rings. The molecule has 0 spiro atoms. The summed E-state index contributed by atoms with van der Waals surface area (Å²) in [7, 11) is 0. The molecule has 1 aliphatic carbocycles. The molecule has 1 fully saturated rings. The molecular formula is C18H26N4O4S. The molecular weight excluding hydrogens is 368 g/mol. The van der Waals surface area contributed by atoms with E-state index in [1.807, 2.05) is 0 Å². The van der Waals surface area contributed by atoms with Crippen molar-refractivity contribution < 1.29 is 14.5 Å². The van der Waals surface area contributed by atoms with Gasteiger partial charge in [-0.3, -0.25) is 25.8 Å². The molecule has 1 aromatic carbocycles. The number of hydrogen-bond donors (Lipinski definition) is 3. The van der Waals surface area contributed by atoms with E-state index in [2.05, 4.69) is 30.0 Å². The lowest BCUT2D eigenvalue weighted by atomic mass is 9.78. The van der Waals surface area contributed by atoms with Crippen molar-refractivity contribution in [2.45, 2.75) is 46.1 Å². The first-order valence-electron chi connectivity index (χ1n) is 9.11. The average molecular weight is 394 g/mol. The van der Waals surface area contributed by atoms with Gasteiger partial charge < -0.3 is 10.1 Å². The van der Waals surface area contributed by atoms with Gasteiger partial charge in [-0.25, -0.2) is 0 Å². The van der Waals surface area contributed by atoms with Crippen molar-refractivity contribution in [3.8, 4) is 5.75 Å². The lowest BCUT2D eigenvalue weighted by Gasteiger charge is -2.35. The predicted molar refractivity (Wildman–Crippen MR) is 107 cm³/mol. The number of nitro groups is 1. The molecule has 0 aliphatic heterocycles. The molecule has 1 aliphatic rings. The molecule has 1 saturated carbocycles. The van der Waals surface area contributed by atoms with Crippen molar-refractivity contribution in [3.05, 3.63) is 33.9 Å². The number of hydrazine groups is 1. The molecule has 3 N–H and O–H groups in total. The highest BCUT2D eigenvalue weighted by atomic mass is 32.1. The van der Waals surface area contributed by atoms with Crippen LogP contribution in [0.1, 0.15) is 50.4 Å². The van der Waals surface area contributed by atoms with Crippen LogP contribution in [-0.2, 0) is 0 Å². The minimum atomic E-state index is -0.576. The Morgan fingerprint density at radius 3 is 2.74 bits per heavy atom. The van der Waals surface area contributed by atoms with Crippen LogP contribution in [0.2, 0.25) is 0 Å². The van der Waals surface area contributed by atoms with Gasteiger partial charge in [0.2, 0.25) is 0 Å². The standard InChI is InChI=1S/C18H26N4O4S/c1-4-26-16-9-8-13(10-15(16)22(24)25)17(23)20-21-18(27)19-14-7-5-6-11(2)12(14)3/h8-12,14H,4-7H2,1-3H3,(H,20,23)(H2,19,21,27)/t11-,12-,14-/m0/s1. The Morgan fingerprint density at radius 1 is 1.33 bits per heavy atom. The fraction of sp³-hybridized carbons (Fsp3) is 0.556. The van der Waals surface area contributed by atoms with Crippen molar-refractivity contribution in [3.63, 3.8) is 0 Å². The number of benzene rings is 1. The normalized spacial score (nSPS) is 21.8. The fourth-order valence-corrected chi connectivity index (χ4v) is 3.46. The summed E-state index contributed by atoms with van der Waals surface area (Å²) < 4.78 is 5.21. The second-order valence-corrected chi connectivity index (χ2v) is 7.21. The highest BCUT2D eigenvalue weighted by Gasteiger charge is 2.27. The molecule has 27 heavy (non-hydrogen) atoms. The predicted octanol–water partition coefficient (Wildman–Crippen LogP) is 2.93. The molecule has 0 heterocycles. The van der Waals surface area contributed by atoms with Gasteiger partial charge in [0, 0.05) is 17.7 Å². The zero-order valence-electron chi connectivity index (χ0n) is 15.8. The average Bonchev–Trinajstić information content (AvgIpc) is 2.64. The van der Waals surface area contributed by atoms with Gasteiger partial charge in [0.25, 0.3) is 5.91 Å². The smallest absolute Gasteiger partial charge is 0.311 e. The summed E-state index contributed by atoms with van der Waals surface area (Å²) in [6.07, 6.45) is 3.40. The Balaban J connectivity index is 1.94. The number of nitro benzene ring substituents is 1. The third-order valence-electron chi connectivity index (χ3n) is 5.03. The van der Waals surface area contributed by atoms with Crippen LogP contribution in [0.15, 0.2) is 18.2 Å². The minimum absolute atomic E-state index is 0.129. The van der Waals surface area contributed by atoms with E-state index in [0.717, 1.165) is 12.8 Å². The van der Waals surface area contributed by atoms with Crippen LogP contribution < -0.4 is 20.9 Å². The van der Waals surface area contributed by atoms with E-state index < -0.39 is 10.8 Å². The summed E-state index contributed by atoms with van der Waals surface area (Å²) in [5.74, 6) is 0.723. The molecule has 0 radical (unpaired) electrons. The van der Waals surface area contributed by atoms with Crippen molar-refractivity contribution in [1.82, 2.24) is 16.2 Å². The number of rotatable bonds is 5. The molecule has 1 amide bonds. The van der Waals surface area contributed by atoms with Gasteiger partial charge >= 0.3 is 5.69 Å². The Hall–Kier alpha value is -2.42. The summed E-state index contributed by atoms with van der Waals surface area (Å²) in [6.45, 7) is 6.46. The van der Waals surface area contributed by atoms with Crippen LogP contribution in [0.5, 0.6) is 5.75 Å². The highest BCUT2D eigenvalue weighted by Crippen LogP contribution is 2.29. The molecule has 0 aromatic heterocycles. The van der Waals surface area contributed by atoms with E-state index in [9.17, 15) is 14.9 Å². The lowest BCUT2D eigenvalue weighted by molar-refractivity contribution is -0.385. The van der Waals surface area contributed by atoms with Crippen LogP contribution in [0, 0.1) is 22.0 Å². The van der Waals surface area contributed by atoms with E-state index >= 15 is 0 Å². The van der Waals surface area contributed by atoms with Gasteiger partial charge in [-0.15, -0.1) is 0 Å². The zero-order valence-corrected chi connectivity index (χ0v) is 16.6. The molecule has 0 unspecified atom stereocenters. The summed E-state index contributed by atoms with van der Waals surface area (Å²) in [5, 5.41) is 14.7. The molecule has 3 atom stereocenters. The minimum Gasteiger partial charge on any atom is -0.487 e. The quantitative estimate of drug-likeness (QED) is 0.400. The Bertz CT molecular complexity index is 713. The molecule has 0 saturated heterocycles. The molecule has 9 heteroatoms. The van der Waals surface area contributed by atoms with Gasteiger partial charge in [-0.05, 0) is 49.5 Å². The van der Waals surface area contributed by atoms with Crippen LogP contribution in [0.25, 0.3) is 0 Å². The maximum absolute atomic E-state index is 12.3. The van der Waals surface area contributed by atoms with Crippen LogP contribution in [0.4, 0.5) is 5.69 Å². The number of hydrogen-bond acceptors (Lipinski definition) is 5. The third-order valence-corrected chi connectivity index (χ3v) is 5.25. The maximum Gasteiger partial charge on any atom is 0.311 e. The summed E-state index contributed by atoms with van der Waals surface area (Å²) >= 11 is 5.25. The van der Waals surface area contributed by atoms with E-state index in [1.54, 1.807) is 6.92 Å². The molecule has 2 rings (SSSR count). The number of thiocarbonyl (C=S) groups is 1. The molecule has 0 bridgehead atoms. The van der Waals surface area contributed by atoms with Crippen molar-refractivity contribution in [2.75, 3.05) is 6.61 Å². The van der Waals surface area contributed by atoms with E-state index in [4.69, 9.17) is 17.0 Å². The van der Waals surface area contributed by atoms with Gasteiger partial charge in [0.1, 0.15) is 0 Å². The number of carbonyl (C=O) groups excluding carboxylic acids is 1. The summed E-state index contributed by atoms with van der Waals surface area (Å²) in [6, 6.07) is 4.33. The number of carbonyl (C=O) groups is 1. The third kappa shape index (κ3) is 5.53. The van der Waals surface area contributed by atoms with Crippen molar-refractivity contribution in [2.24, 2.45) is 11.8 Å². The first kappa shape index (κ1) is 20.9. The van der Waals surface area contributed by atoms with Crippen molar-refractivity contribution >= 4 is 28.9 Å². The fourth-order valence-electron chi connectivity index (χ4n) is 3.25. The number of nitrogens with zero attached hydrogens (tertiary/aromatic N) is 1. The molecule has 148 valence electrons. The number of nitrogens with one attached hydrogen (secondary N) is 3. The Morgan fingerprint density at radius 2 is 2.07 bits per heavy atom. The molecule has 8 nitrogen and oxygen atoms in total. The van der Waals surface area contributed by atoms with Gasteiger partial charge in [0.15, 0.2) is 10.9 Å². The lowest BCUT2D eigenvalue weighted by Crippen LogP contribution is -2.52. The van der Waals surface area contributed by atoms with Crippen LogP contribution in [-0.4, -0.2) is 28.6 Å². The Kier molecular flexibility index (Phi) is 7.35. The van der Waals surface area contributed by atoms with Gasteiger partial charge in [-0.2, -0.15) is 0 Å².